The van der Waals surface area contributed by atoms with Crippen molar-refractivity contribution in [3.05, 3.63) is 69.8 Å². The normalized spacial score (nSPS) is 15.1. The fraction of sp³-hybridized carbons (Fsp3) is 0.273. The molecule has 0 saturated carbocycles. The van der Waals surface area contributed by atoms with E-state index >= 15 is 0 Å². The van der Waals surface area contributed by atoms with Gasteiger partial charge in [0.2, 0.25) is 5.91 Å². The molecule has 0 aliphatic carbocycles. The average molecular weight is 454 g/mol. The molecule has 0 spiro atoms. The van der Waals surface area contributed by atoms with Crippen molar-refractivity contribution in [3.63, 3.8) is 0 Å². The van der Waals surface area contributed by atoms with Crippen LogP contribution in [0.2, 0.25) is 0 Å². The van der Waals surface area contributed by atoms with E-state index in [2.05, 4.69) is 10.7 Å². The summed E-state index contributed by atoms with van der Waals surface area (Å²) in [7, 11) is 0. The third-order valence-corrected chi connectivity index (χ3v) is 5.03. The molecule has 11 nitrogen and oxygen atoms in total. The fourth-order valence-electron chi connectivity index (χ4n) is 3.17. The summed E-state index contributed by atoms with van der Waals surface area (Å²) in [6.07, 6.45) is 0.691. The van der Waals surface area contributed by atoms with Crippen molar-refractivity contribution in [2.24, 2.45) is 5.92 Å². The van der Waals surface area contributed by atoms with Gasteiger partial charge in [-0.2, -0.15) is 0 Å². The summed E-state index contributed by atoms with van der Waals surface area (Å²) in [5, 5.41) is 14.3. The molecular formula is C22H22N4O7. The molecule has 2 aromatic rings. The lowest BCUT2D eigenvalue weighted by atomic mass is 10.1. The number of amides is 3. The molecule has 0 bridgehead atoms. The van der Waals surface area contributed by atoms with Gasteiger partial charge in [-0.25, -0.2) is 0 Å². The maximum Gasteiger partial charge on any atom is 0.311 e. The molecule has 3 amide bonds. The van der Waals surface area contributed by atoms with Crippen molar-refractivity contribution in [1.29, 1.82) is 0 Å². The highest BCUT2D eigenvalue weighted by Crippen LogP contribution is 2.19. The second-order valence-electron chi connectivity index (χ2n) is 7.36. The minimum atomic E-state index is -0.841. The SMILES string of the molecule is CCc1ccc(NC(=O)COC(=O)[C@@H]2CC(=O)N(NC(=O)c3ccc([N+](=O)[O-])cc3)C2)cc1. The summed E-state index contributed by atoms with van der Waals surface area (Å²) < 4.78 is 5.02. The van der Waals surface area contributed by atoms with E-state index in [-0.39, 0.29) is 24.2 Å². The Bertz CT molecular complexity index is 1070. The molecule has 0 radical (unpaired) electrons. The third kappa shape index (κ3) is 6.12. The highest BCUT2D eigenvalue weighted by molar-refractivity contribution is 5.97. The Balaban J connectivity index is 1.47. The number of nitro benzene ring substituents is 1. The van der Waals surface area contributed by atoms with Crippen LogP contribution in [0.3, 0.4) is 0 Å². The van der Waals surface area contributed by atoms with Gasteiger partial charge < -0.3 is 10.1 Å². The lowest BCUT2D eigenvalue weighted by Crippen LogP contribution is -2.43. The number of anilines is 1. The number of nitro groups is 1. The zero-order chi connectivity index (χ0) is 24.0. The number of hydrazine groups is 1. The van der Waals surface area contributed by atoms with Gasteiger partial charge in [-0.1, -0.05) is 19.1 Å². The molecule has 1 fully saturated rings. The number of benzene rings is 2. The van der Waals surface area contributed by atoms with Crippen LogP contribution in [0, 0.1) is 16.0 Å². The van der Waals surface area contributed by atoms with Gasteiger partial charge in [0.15, 0.2) is 6.61 Å². The average Bonchev–Trinajstić information content (AvgIpc) is 3.18. The van der Waals surface area contributed by atoms with E-state index in [1.165, 1.54) is 24.3 Å². The van der Waals surface area contributed by atoms with Crippen molar-refractivity contribution >= 4 is 35.1 Å². The number of non-ortho nitro benzene ring substituents is 1. The summed E-state index contributed by atoms with van der Waals surface area (Å²) in [6, 6.07) is 12.1. The Morgan fingerprint density at radius 2 is 1.79 bits per heavy atom. The molecule has 0 unspecified atom stereocenters. The van der Waals surface area contributed by atoms with E-state index in [4.69, 9.17) is 4.74 Å². The standard InChI is InChI=1S/C22H22N4O7/c1-2-14-3-7-17(8-4-14)23-19(27)13-33-22(30)16-11-20(28)25(12-16)24-21(29)15-5-9-18(10-6-15)26(31)32/h3-10,16H,2,11-13H2,1H3,(H,23,27)(H,24,29)/t16-/m1/s1. The molecule has 3 rings (SSSR count). The minimum absolute atomic E-state index is 0.114. The zero-order valence-corrected chi connectivity index (χ0v) is 17.8. The van der Waals surface area contributed by atoms with Crippen molar-refractivity contribution in [1.82, 2.24) is 10.4 Å². The molecule has 1 heterocycles. The number of aryl methyl sites for hydroxylation is 1. The lowest BCUT2D eigenvalue weighted by Gasteiger charge is -2.17. The van der Waals surface area contributed by atoms with Crippen LogP contribution >= 0.6 is 0 Å². The molecule has 172 valence electrons. The first-order valence-electron chi connectivity index (χ1n) is 10.2. The number of esters is 1. The topological polar surface area (TPSA) is 148 Å². The summed E-state index contributed by atoms with van der Waals surface area (Å²) >= 11 is 0. The maximum absolute atomic E-state index is 12.3. The van der Waals surface area contributed by atoms with E-state index in [1.807, 2.05) is 19.1 Å². The van der Waals surface area contributed by atoms with Crippen LogP contribution in [-0.2, 0) is 25.5 Å². The van der Waals surface area contributed by atoms with E-state index < -0.39 is 41.1 Å². The van der Waals surface area contributed by atoms with Crippen LogP contribution in [0.15, 0.2) is 48.5 Å². The molecule has 1 aliphatic rings. The van der Waals surface area contributed by atoms with E-state index in [1.54, 1.807) is 12.1 Å². The monoisotopic (exact) mass is 454 g/mol. The smallest absolute Gasteiger partial charge is 0.311 e. The van der Waals surface area contributed by atoms with Gasteiger partial charge in [0.05, 0.1) is 17.4 Å². The van der Waals surface area contributed by atoms with Crippen molar-refractivity contribution in [2.45, 2.75) is 19.8 Å². The first-order chi connectivity index (χ1) is 15.8. The maximum atomic E-state index is 12.3. The summed E-state index contributed by atoms with van der Waals surface area (Å²) in [4.78, 5) is 58.9. The molecule has 1 atom stereocenters. The number of nitrogens with one attached hydrogen (secondary N) is 2. The Kier molecular flexibility index (Phi) is 7.34. The van der Waals surface area contributed by atoms with Crippen LogP contribution in [0.25, 0.3) is 0 Å². The molecule has 2 N–H and O–H groups in total. The second kappa shape index (κ2) is 10.4. The highest BCUT2D eigenvalue weighted by Gasteiger charge is 2.36. The predicted molar refractivity (Wildman–Crippen MR) is 116 cm³/mol. The zero-order valence-electron chi connectivity index (χ0n) is 17.8. The number of ether oxygens (including phenoxy) is 1. The first kappa shape index (κ1) is 23.4. The molecular weight excluding hydrogens is 432 g/mol. The molecule has 1 aliphatic heterocycles. The summed E-state index contributed by atoms with van der Waals surface area (Å²) in [5.41, 5.74) is 4.01. The Labute approximate surface area is 188 Å². The molecule has 0 aromatic heterocycles. The fourth-order valence-corrected chi connectivity index (χ4v) is 3.17. The van der Waals surface area contributed by atoms with Crippen LogP contribution < -0.4 is 10.7 Å². The Morgan fingerprint density at radius 3 is 2.39 bits per heavy atom. The highest BCUT2D eigenvalue weighted by atomic mass is 16.6. The minimum Gasteiger partial charge on any atom is -0.455 e. The van der Waals surface area contributed by atoms with Crippen LogP contribution in [-0.4, -0.2) is 46.8 Å². The van der Waals surface area contributed by atoms with Crippen molar-refractivity contribution in [2.75, 3.05) is 18.5 Å². The summed E-state index contributed by atoms with van der Waals surface area (Å²) in [6.45, 7) is 1.40. The number of carbonyl (C=O) groups is 4. The number of nitrogens with zero attached hydrogens (tertiary/aromatic N) is 2. The van der Waals surface area contributed by atoms with Crippen LogP contribution in [0.5, 0.6) is 0 Å². The predicted octanol–water partition coefficient (Wildman–Crippen LogP) is 1.83. The van der Waals surface area contributed by atoms with E-state index in [0.29, 0.717) is 5.69 Å². The van der Waals surface area contributed by atoms with E-state index in [0.717, 1.165) is 17.0 Å². The van der Waals surface area contributed by atoms with Gasteiger partial charge in [-0.3, -0.25) is 39.7 Å². The van der Waals surface area contributed by atoms with Crippen molar-refractivity contribution < 1.29 is 28.8 Å². The quantitative estimate of drug-likeness (QED) is 0.351. The number of hydrogen-bond acceptors (Lipinski definition) is 7. The number of rotatable bonds is 8. The van der Waals surface area contributed by atoms with Gasteiger partial charge in [-0.05, 0) is 36.2 Å². The molecule has 11 heteroatoms. The molecule has 2 aromatic carbocycles. The van der Waals surface area contributed by atoms with Gasteiger partial charge in [0, 0.05) is 29.8 Å². The molecule has 33 heavy (non-hydrogen) atoms. The van der Waals surface area contributed by atoms with Gasteiger partial charge in [0.1, 0.15) is 0 Å². The Morgan fingerprint density at radius 1 is 1.12 bits per heavy atom. The van der Waals surface area contributed by atoms with Gasteiger partial charge in [-0.15, -0.1) is 0 Å². The van der Waals surface area contributed by atoms with Crippen molar-refractivity contribution in [3.8, 4) is 0 Å². The lowest BCUT2D eigenvalue weighted by molar-refractivity contribution is -0.384. The summed E-state index contributed by atoms with van der Waals surface area (Å²) in [5.74, 6) is -3.23. The molecule has 1 saturated heterocycles. The van der Waals surface area contributed by atoms with E-state index in [9.17, 15) is 29.3 Å². The van der Waals surface area contributed by atoms with Gasteiger partial charge in [0.25, 0.3) is 17.5 Å². The second-order valence-corrected chi connectivity index (χ2v) is 7.36. The van der Waals surface area contributed by atoms with Crippen LogP contribution in [0.1, 0.15) is 29.3 Å². The third-order valence-electron chi connectivity index (χ3n) is 5.03. The largest absolute Gasteiger partial charge is 0.455 e. The Hall–Kier alpha value is -4.28. The van der Waals surface area contributed by atoms with Crippen LogP contribution in [0.4, 0.5) is 11.4 Å². The number of carbonyl (C=O) groups excluding carboxylic acids is 4. The first-order valence-corrected chi connectivity index (χ1v) is 10.2. The number of hydrogen-bond donors (Lipinski definition) is 2. The van der Waals surface area contributed by atoms with Gasteiger partial charge >= 0.3 is 5.97 Å².